The summed E-state index contributed by atoms with van der Waals surface area (Å²) in [6.45, 7) is 4.11. The topological polar surface area (TPSA) is 81.3 Å². The first-order valence-corrected chi connectivity index (χ1v) is 12.4. The van der Waals surface area contributed by atoms with Crippen molar-refractivity contribution in [2.24, 2.45) is 5.10 Å². The Balaban J connectivity index is 1.53. The van der Waals surface area contributed by atoms with Crippen LogP contribution in [-0.2, 0) is 11.3 Å². The molecule has 0 unspecified atom stereocenters. The number of fused-ring (bicyclic) bond motifs is 2. The van der Waals surface area contributed by atoms with E-state index in [4.69, 9.17) is 4.98 Å². The van der Waals surface area contributed by atoms with Gasteiger partial charge in [0.25, 0.3) is 5.56 Å². The summed E-state index contributed by atoms with van der Waals surface area (Å²) in [6.07, 6.45) is 3.54. The SMILES string of the molecule is CC(C)c1nc2ccc(Br)cc2c(=O)n1N=Cc1cn(CC(=O)Nc2ccccc2)c2ccccc12. The van der Waals surface area contributed by atoms with Crippen molar-refractivity contribution in [3.05, 3.63) is 105 Å². The molecule has 1 amide bonds. The first kappa shape index (κ1) is 23.7. The summed E-state index contributed by atoms with van der Waals surface area (Å²) in [4.78, 5) is 30.8. The Morgan fingerprint density at radius 3 is 2.58 bits per heavy atom. The molecule has 0 atom stereocenters. The number of aromatic nitrogens is 3. The van der Waals surface area contributed by atoms with Crippen molar-refractivity contribution in [2.45, 2.75) is 26.3 Å². The van der Waals surface area contributed by atoms with Gasteiger partial charge in [0.15, 0.2) is 0 Å². The molecule has 3 aromatic carbocycles. The lowest BCUT2D eigenvalue weighted by molar-refractivity contribution is -0.116. The van der Waals surface area contributed by atoms with Crippen molar-refractivity contribution < 1.29 is 4.79 Å². The van der Waals surface area contributed by atoms with Crippen LogP contribution >= 0.6 is 15.9 Å². The van der Waals surface area contributed by atoms with Gasteiger partial charge in [0, 0.05) is 38.7 Å². The zero-order valence-corrected chi connectivity index (χ0v) is 21.4. The number of halogens is 1. The van der Waals surface area contributed by atoms with Crippen LogP contribution < -0.4 is 10.9 Å². The maximum Gasteiger partial charge on any atom is 0.282 e. The van der Waals surface area contributed by atoms with Gasteiger partial charge in [-0.25, -0.2) is 4.98 Å². The van der Waals surface area contributed by atoms with Gasteiger partial charge >= 0.3 is 0 Å². The van der Waals surface area contributed by atoms with Crippen LogP contribution in [-0.4, -0.2) is 26.3 Å². The molecule has 0 aliphatic heterocycles. The van der Waals surface area contributed by atoms with Gasteiger partial charge in [0.05, 0.1) is 17.1 Å². The van der Waals surface area contributed by atoms with Gasteiger partial charge < -0.3 is 9.88 Å². The monoisotopic (exact) mass is 541 g/mol. The van der Waals surface area contributed by atoms with E-state index in [1.54, 1.807) is 12.3 Å². The van der Waals surface area contributed by atoms with E-state index < -0.39 is 0 Å². The molecule has 0 saturated heterocycles. The molecule has 2 aromatic heterocycles. The first-order chi connectivity index (χ1) is 17.4. The molecule has 0 aliphatic rings. The van der Waals surface area contributed by atoms with E-state index in [2.05, 4.69) is 26.3 Å². The molecule has 0 spiro atoms. The highest BCUT2D eigenvalue weighted by Gasteiger charge is 2.15. The molecule has 36 heavy (non-hydrogen) atoms. The second-order valence-electron chi connectivity index (χ2n) is 8.79. The predicted molar refractivity (Wildman–Crippen MR) is 148 cm³/mol. The number of nitrogens with zero attached hydrogens (tertiary/aromatic N) is 4. The Morgan fingerprint density at radius 2 is 1.81 bits per heavy atom. The highest BCUT2D eigenvalue weighted by molar-refractivity contribution is 9.10. The van der Waals surface area contributed by atoms with E-state index in [9.17, 15) is 9.59 Å². The van der Waals surface area contributed by atoms with E-state index in [-0.39, 0.29) is 23.9 Å². The fourth-order valence-corrected chi connectivity index (χ4v) is 4.52. The fourth-order valence-electron chi connectivity index (χ4n) is 4.16. The van der Waals surface area contributed by atoms with Crippen LogP contribution in [0.1, 0.15) is 31.2 Å². The molecule has 0 aliphatic carbocycles. The minimum Gasteiger partial charge on any atom is -0.337 e. The van der Waals surface area contributed by atoms with Gasteiger partial charge in [0.2, 0.25) is 5.91 Å². The standard InChI is InChI=1S/C28H24BrN5O2/c1-18(2)27-32-24-13-12-20(29)14-23(24)28(36)34(27)30-15-19-16-33(25-11-7-6-10-22(19)25)17-26(35)31-21-8-4-3-5-9-21/h3-16,18H,17H2,1-2H3,(H,31,35). The summed E-state index contributed by atoms with van der Waals surface area (Å²) < 4.78 is 4.06. The van der Waals surface area contributed by atoms with Crippen molar-refractivity contribution >= 4 is 55.5 Å². The van der Waals surface area contributed by atoms with Gasteiger partial charge in [-0.2, -0.15) is 9.78 Å². The largest absolute Gasteiger partial charge is 0.337 e. The normalized spacial score (nSPS) is 11.7. The third-order valence-corrected chi connectivity index (χ3v) is 6.35. The van der Waals surface area contributed by atoms with E-state index in [0.29, 0.717) is 16.7 Å². The molecule has 8 heteroatoms. The zero-order valence-electron chi connectivity index (χ0n) is 19.9. The van der Waals surface area contributed by atoms with Gasteiger partial charge in [-0.1, -0.05) is 66.2 Å². The maximum absolute atomic E-state index is 13.3. The number of anilines is 1. The number of benzene rings is 3. The molecule has 0 saturated carbocycles. The number of para-hydroxylation sites is 2. The molecule has 180 valence electrons. The van der Waals surface area contributed by atoms with E-state index in [0.717, 1.165) is 26.6 Å². The maximum atomic E-state index is 13.3. The number of hydrogen-bond acceptors (Lipinski definition) is 4. The molecular weight excluding hydrogens is 518 g/mol. The third kappa shape index (κ3) is 4.72. The Kier molecular flexibility index (Phi) is 6.52. The summed E-state index contributed by atoms with van der Waals surface area (Å²) in [6, 6.07) is 22.6. The molecule has 0 fully saturated rings. The second-order valence-corrected chi connectivity index (χ2v) is 9.71. The molecule has 5 aromatic rings. The van der Waals surface area contributed by atoms with Gasteiger partial charge in [0.1, 0.15) is 12.4 Å². The van der Waals surface area contributed by atoms with Crippen LogP contribution in [0, 0.1) is 0 Å². The summed E-state index contributed by atoms with van der Waals surface area (Å²) in [5.74, 6) is 0.441. The average Bonchev–Trinajstić information content (AvgIpc) is 3.21. The summed E-state index contributed by atoms with van der Waals surface area (Å²) in [5.41, 5.74) is 2.86. The molecule has 7 nitrogen and oxygen atoms in total. The number of hydrogen-bond donors (Lipinski definition) is 1. The lowest BCUT2D eigenvalue weighted by Crippen LogP contribution is -2.23. The first-order valence-electron chi connectivity index (χ1n) is 11.6. The lowest BCUT2D eigenvalue weighted by atomic mass is 10.2. The van der Waals surface area contributed by atoms with E-state index in [1.807, 2.05) is 91.3 Å². The molecular formula is C28H24BrN5O2. The Labute approximate surface area is 216 Å². The smallest absolute Gasteiger partial charge is 0.282 e. The van der Waals surface area contributed by atoms with Gasteiger partial charge in [-0.05, 0) is 36.4 Å². The number of amides is 1. The average molecular weight is 542 g/mol. The van der Waals surface area contributed by atoms with Crippen molar-refractivity contribution in [1.29, 1.82) is 0 Å². The summed E-state index contributed by atoms with van der Waals surface area (Å²) >= 11 is 3.43. The molecule has 1 N–H and O–H groups in total. The number of rotatable bonds is 6. The van der Waals surface area contributed by atoms with Crippen LogP contribution in [0.5, 0.6) is 0 Å². The minimum absolute atomic E-state index is 0.00841. The van der Waals surface area contributed by atoms with Crippen LogP contribution in [0.15, 0.2) is 93.4 Å². The van der Waals surface area contributed by atoms with Crippen molar-refractivity contribution in [2.75, 3.05) is 5.32 Å². The highest BCUT2D eigenvalue weighted by atomic mass is 79.9. The molecule has 0 bridgehead atoms. The Bertz CT molecular complexity index is 1670. The molecule has 5 rings (SSSR count). The molecule has 0 radical (unpaired) electrons. The lowest BCUT2D eigenvalue weighted by Gasteiger charge is -2.11. The van der Waals surface area contributed by atoms with E-state index in [1.165, 1.54) is 4.68 Å². The zero-order chi connectivity index (χ0) is 25.2. The number of nitrogens with one attached hydrogen (secondary N) is 1. The van der Waals surface area contributed by atoms with Crippen molar-refractivity contribution in [1.82, 2.24) is 14.2 Å². The fraction of sp³-hybridized carbons (Fsp3) is 0.143. The Morgan fingerprint density at radius 1 is 1.06 bits per heavy atom. The van der Waals surface area contributed by atoms with Crippen LogP contribution in [0.3, 0.4) is 0 Å². The van der Waals surface area contributed by atoms with Crippen LogP contribution in [0.4, 0.5) is 5.69 Å². The predicted octanol–water partition coefficient (Wildman–Crippen LogP) is 5.76. The van der Waals surface area contributed by atoms with Crippen molar-refractivity contribution in [3.8, 4) is 0 Å². The van der Waals surface area contributed by atoms with Gasteiger partial charge in [-0.15, -0.1) is 0 Å². The molecule has 2 heterocycles. The van der Waals surface area contributed by atoms with Crippen LogP contribution in [0.2, 0.25) is 0 Å². The van der Waals surface area contributed by atoms with Crippen molar-refractivity contribution in [3.63, 3.8) is 0 Å². The third-order valence-electron chi connectivity index (χ3n) is 5.85. The number of carbonyl (C=O) groups excluding carboxylic acids is 1. The number of carbonyl (C=O) groups is 1. The Hall–Kier alpha value is -4.04. The van der Waals surface area contributed by atoms with E-state index >= 15 is 0 Å². The highest BCUT2D eigenvalue weighted by Crippen LogP contribution is 2.22. The summed E-state index contributed by atoms with van der Waals surface area (Å²) in [7, 11) is 0. The summed E-state index contributed by atoms with van der Waals surface area (Å²) in [5, 5.41) is 8.92. The second kappa shape index (κ2) is 9.91. The quantitative estimate of drug-likeness (QED) is 0.277. The van der Waals surface area contributed by atoms with Crippen LogP contribution in [0.25, 0.3) is 21.8 Å². The minimum atomic E-state index is -0.229. The van der Waals surface area contributed by atoms with Gasteiger partial charge in [-0.3, -0.25) is 9.59 Å².